The Morgan fingerprint density at radius 1 is 1.31 bits per heavy atom. The highest BCUT2D eigenvalue weighted by atomic mass is 35.5. The second-order valence-electron chi connectivity index (χ2n) is 8.47. The van der Waals surface area contributed by atoms with Gasteiger partial charge in [0, 0.05) is 41.8 Å². The van der Waals surface area contributed by atoms with Gasteiger partial charge in [0.15, 0.2) is 5.13 Å². The molecule has 3 N–H and O–H groups in total. The van der Waals surface area contributed by atoms with Crippen LogP contribution in [0.3, 0.4) is 0 Å². The number of hydrogen-bond donors (Lipinski definition) is 3. The third kappa shape index (κ3) is 5.08. The number of benzene rings is 1. The number of thiazole rings is 1. The van der Waals surface area contributed by atoms with Crippen molar-refractivity contribution in [3.05, 3.63) is 34.5 Å². The number of nitrogens with one attached hydrogen (secondary N) is 3. The number of nitrogens with zero attached hydrogens (tertiary/aromatic N) is 2. The summed E-state index contributed by atoms with van der Waals surface area (Å²) in [6.45, 7) is 3.69. The average Bonchev–Trinajstić information content (AvgIpc) is 3.42. The van der Waals surface area contributed by atoms with Crippen molar-refractivity contribution in [1.82, 2.24) is 9.88 Å². The van der Waals surface area contributed by atoms with E-state index in [0.717, 1.165) is 68.3 Å². The number of anilines is 2. The van der Waals surface area contributed by atoms with Crippen molar-refractivity contribution in [1.29, 1.82) is 5.41 Å². The molecule has 0 bridgehead atoms. The molecule has 1 aromatic carbocycles. The fourth-order valence-electron chi connectivity index (χ4n) is 4.65. The molecule has 1 aliphatic heterocycles. The van der Waals surface area contributed by atoms with E-state index in [1.165, 1.54) is 12.3 Å². The lowest BCUT2D eigenvalue weighted by Crippen LogP contribution is -2.48. The minimum atomic E-state index is -4.14. The van der Waals surface area contributed by atoms with Crippen LogP contribution in [0.1, 0.15) is 39.0 Å². The van der Waals surface area contributed by atoms with Gasteiger partial charge in [-0.15, -0.1) is 11.3 Å². The Hall–Kier alpha value is -1.75. The Morgan fingerprint density at radius 2 is 2.09 bits per heavy atom. The van der Waals surface area contributed by atoms with Crippen LogP contribution in [0.15, 0.2) is 28.6 Å². The number of likely N-dealkylation sites (tertiary alicyclic amines) is 1. The molecule has 4 rings (SSSR count). The van der Waals surface area contributed by atoms with Crippen LogP contribution in [0.4, 0.5) is 15.2 Å². The normalized spacial score (nSPS) is 24.4. The highest BCUT2D eigenvalue weighted by molar-refractivity contribution is 7.93. The number of hydrogen-bond acceptors (Lipinski definition) is 7. The fraction of sp³-hybridized carbons (Fsp3) is 0.524. The number of sulfonamides is 1. The van der Waals surface area contributed by atoms with Gasteiger partial charge in [0.2, 0.25) is 0 Å². The maximum atomic E-state index is 14.9. The molecule has 3 atom stereocenters. The van der Waals surface area contributed by atoms with E-state index < -0.39 is 20.7 Å². The molecule has 0 unspecified atom stereocenters. The van der Waals surface area contributed by atoms with Crippen LogP contribution < -0.4 is 10.0 Å². The van der Waals surface area contributed by atoms with Crippen molar-refractivity contribution in [3.8, 4) is 0 Å². The maximum absolute atomic E-state index is 14.9. The van der Waals surface area contributed by atoms with E-state index in [1.54, 1.807) is 5.38 Å². The van der Waals surface area contributed by atoms with Gasteiger partial charge in [-0.2, -0.15) is 0 Å². The van der Waals surface area contributed by atoms with Crippen molar-refractivity contribution in [2.75, 3.05) is 23.1 Å². The van der Waals surface area contributed by atoms with Crippen molar-refractivity contribution >= 4 is 49.5 Å². The fourth-order valence-corrected chi connectivity index (χ4v) is 6.81. The third-order valence-corrected chi connectivity index (χ3v) is 8.82. The molecule has 2 aromatic rings. The molecule has 1 aliphatic carbocycles. The molecule has 1 saturated carbocycles. The van der Waals surface area contributed by atoms with Gasteiger partial charge in [0.25, 0.3) is 10.0 Å². The Kier molecular flexibility index (Phi) is 7.04. The van der Waals surface area contributed by atoms with E-state index in [2.05, 4.69) is 19.9 Å². The summed E-state index contributed by atoms with van der Waals surface area (Å²) < 4.78 is 42.4. The van der Waals surface area contributed by atoms with Gasteiger partial charge >= 0.3 is 0 Å². The predicted octanol–water partition coefficient (Wildman–Crippen LogP) is 4.82. The number of halogens is 2. The Balaban J connectivity index is 1.52. The zero-order valence-electron chi connectivity index (χ0n) is 17.8. The topological polar surface area (TPSA) is 98.2 Å². The molecule has 1 saturated heterocycles. The standard InChI is InChI=1S/C21H27ClFN5O2S2/c1-13(24)14-6-8-28(12-14)19-5-3-2-4-17(19)26-18-11-16(23)20(10-15(18)22)32(29,30)27-21-25-7-9-31-21/h7,9-11,14,17,19,24,26H,2-6,8,12H2,1H3,(H,25,27)/t14-,17-,19-/m0/s1. The van der Waals surface area contributed by atoms with Crippen LogP contribution in [0, 0.1) is 17.1 Å². The van der Waals surface area contributed by atoms with E-state index in [0.29, 0.717) is 11.6 Å². The van der Waals surface area contributed by atoms with E-state index >= 15 is 0 Å². The first-order valence-electron chi connectivity index (χ1n) is 10.7. The molecule has 32 heavy (non-hydrogen) atoms. The zero-order chi connectivity index (χ0) is 22.9. The third-order valence-electron chi connectivity index (χ3n) is 6.34. The van der Waals surface area contributed by atoms with Gasteiger partial charge in [0.05, 0.1) is 10.7 Å². The van der Waals surface area contributed by atoms with Gasteiger partial charge in [-0.05, 0) is 44.9 Å². The SMILES string of the molecule is CC(=N)[C@H]1CCN([C@H]2CCCC[C@@H]2Nc2cc(F)c(S(=O)(=O)Nc3nccs3)cc2Cl)C1. The number of aromatic nitrogens is 1. The van der Waals surface area contributed by atoms with Gasteiger partial charge in [-0.25, -0.2) is 17.8 Å². The molecule has 2 fully saturated rings. The highest BCUT2D eigenvalue weighted by Crippen LogP contribution is 2.34. The zero-order valence-corrected chi connectivity index (χ0v) is 20.2. The first-order chi connectivity index (χ1) is 15.2. The summed E-state index contributed by atoms with van der Waals surface area (Å²) in [5.74, 6) is -0.567. The monoisotopic (exact) mass is 499 g/mol. The summed E-state index contributed by atoms with van der Waals surface area (Å²) in [7, 11) is -4.14. The lowest BCUT2D eigenvalue weighted by Gasteiger charge is -2.39. The average molecular weight is 500 g/mol. The van der Waals surface area contributed by atoms with Crippen molar-refractivity contribution in [2.24, 2.45) is 5.92 Å². The quantitative estimate of drug-likeness (QED) is 0.474. The van der Waals surface area contributed by atoms with Crippen molar-refractivity contribution in [3.63, 3.8) is 0 Å². The van der Waals surface area contributed by atoms with E-state index in [1.807, 2.05) is 6.92 Å². The first-order valence-corrected chi connectivity index (χ1v) is 13.5. The maximum Gasteiger partial charge on any atom is 0.266 e. The summed E-state index contributed by atoms with van der Waals surface area (Å²) in [6.07, 6.45) is 6.62. The molecule has 7 nitrogen and oxygen atoms in total. The van der Waals surface area contributed by atoms with Crippen LogP contribution in [0.25, 0.3) is 0 Å². The molecule has 2 aliphatic rings. The van der Waals surface area contributed by atoms with Crippen LogP contribution in [-0.4, -0.2) is 49.2 Å². The van der Waals surface area contributed by atoms with Crippen molar-refractivity contribution in [2.45, 2.75) is 56.0 Å². The second-order valence-corrected chi connectivity index (χ2v) is 11.4. The molecular formula is C21H27ClFN5O2S2. The summed E-state index contributed by atoms with van der Waals surface area (Å²) in [5, 5.41) is 13.3. The molecule has 174 valence electrons. The molecular weight excluding hydrogens is 473 g/mol. The Bertz CT molecular complexity index is 1080. The summed E-state index contributed by atoms with van der Waals surface area (Å²) in [6, 6.07) is 2.68. The van der Waals surface area contributed by atoms with Gasteiger partial charge in [-0.3, -0.25) is 9.62 Å². The van der Waals surface area contributed by atoms with Gasteiger partial charge < -0.3 is 10.7 Å². The Morgan fingerprint density at radius 3 is 2.78 bits per heavy atom. The molecule has 0 radical (unpaired) electrons. The van der Waals surface area contributed by atoms with E-state index in [-0.39, 0.29) is 22.2 Å². The molecule has 0 spiro atoms. The van der Waals surface area contributed by atoms with Crippen LogP contribution in [0.5, 0.6) is 0 Å². The molecule has 1 aromatic heterocycles. The van der Waals surface area contributed by atoms with Crippen LogP contribution in [-0.2, 0) is 10.0 Å². The largest absolute Gasteiger partial charge is 0.379 e. The summed E-state index contributed by atoms with van der Waals surface area (Å²) in [5.41, 5.74) is 1.12. The smallest absolute Gasteiger partial charge is 0.266 e. The van der Waals surface area contributed by atoms with Gasteiger partial charge in [0.1, 0.15) is 10.7 Å². The molecule has 11 heteroatoms. The lowest BCUT2D eigenvalue weighted by molar-refractivity contribution is 0.174. The number of rotatable bonds is 7. The Labute approximate surface area is 196 Å². The van der Waals surface area contributed by atoms with Crippen LogP contribution >= 0.6 is 22.9 Å². The van der Waals surface area contributed by atoms with Crippen molar-refractivity contribution < 1.29 is 12.8 Å². The first kappa shape index (κ1) is 23.4. The van der Waals surface area contributed by atoms with Crippen LogP contribution in [0.2, 0.25) is 5.02 Å². The summed E-state index contributed by atoms with van der Waals surface area (Å²) >= 11 is 7.51. The van der Waals surface area contributed by atoms with E-state index in [4.69, 9.17) is 17.0 Å². The highest BCUT2D eigenvalue weighted by Gasteiger charge is 2.35. The van der Waals surface area contributed by atoms with Gasteiger partial charge in [-0.1, -0.05) is 24.4 Å². The predicted molar refractivity (Wildman–Crippen MR) is 127 cm³/mol. The molecule has 0 amide bonds. The minimum absolute atomic E-state index is 0.0846. The summed E-state index contributed by atoms with van der Waals surface area (Å²) in [4.78, 5) is 5.80. The second kappa shape index (κ2) is 9.62. The minimum Gasteiger partial charge on any atom is -0.379 e. The molecule has 2 heterocycles. The van der Waals surface area contributed by atoms with E-state index in [9.17, 15) is 12.8 Å². The lowest BCUT2D eigenvalue weighted by atomic mass is 9.89.